The van der Waals surface area contributed by atoms with Crippen molar-refractivity contribution >= 4 is 23.8 Å². The number of hydrogen-bond acceptors (Lipinski definition) is 5. The van der Waals surface area contributed by atoms with Gasteiger partial charge in [-0.1, -0.05) is 12.1 Å². The molecule has 0 saturated heterocycles. The van der Waals surface area contributed by atoms with Crippen molar-refractivity contribution in [1.82, 2.24) is 0 Å². The number of benzene rings is 2. The van der Waals surface area contributed by atoms with Crippen molar-refractivity contribution in [2.75, 3.05) is 20.5 Å². The van der Waals surface area contributed by atoms with Crippen molar-refractivity contribution in [3.8, 4) is 11.5 Å². The van der Waals surface area contributed by atoms with Crippen LogP contribution in [0.1, 0.15) is 11.1 Å². The Morgan fingerprint density at radius 3 is 2.21 bits per heavy atom. The van der Waals surface area contributed by atoms with Crippen LogP contribution in [0.5, 0.6) is 11.5 Å². The van der Waals surface area contributed by atoms with Crippen LogP contribution in [0.3, 0.4) is 0 Å². The maximum absolute atomic E-state index is 11.8. The monoisotopic (exact) mass is 344 g/mol. The van der Waals surface area contributed by atoms with Crippen LogP contribution in [0.4, 0.5) is 0 Å². The highest BCUT2D eigenvalue weighted by atomic mass is 32.2. The second-order valence-electron chi connectivity index (χ2n) is 4.94. The van der Waals surface area contributed by atoms with Crippen LogP contribution in [-0.4, -0.2) is 26.4 Å². The molecule has 0 radical (unpaired) electrons. The minimum absolute atomic E-state index is 0.249. The summed E-state index contributed by atoms with van der Waals surface area (Å²) in [6, 6.07) is 13.3. The molecule has 4 nitrogen and oxygen atoms in total. The lowest BCUT2D eigenvalue weighted by Crippen LogP contribution is -2.00. The molecule has 24 heavy (non-hydrogen) atoms. The molecule has 0 aliphatic heterocycles. The summed E-state index contributed by atoms with van der Waals surface area (Å²) >= 11 is 1.67. The van der Waals surface area contributed by atoms with Crippen molar-refractivity contribution < 1.29 is 19.0 Å². The van der Waals surface area contributed by atoms with Gasteiger partial charge in [0.25, 0.3) is 0 Å². The number of carbonyl (C=O) groups is 1. The smallest absolute Gasteiger partial charge is 0.331 e. The van der Waals surface area contributed by atoms with E-state index in [0.29, 0.717) is 11.5 Å². The molecule has 0 aromatic heterocycles. The van der Waals surface area contributed by atoms with Crippen LogP contribution in [0.25, 0.3) is 6.08 Å². The first kappa shape index (κ1) is 17.9. The molecule has 5 heteroatoms. The number of thioether (sulfide) groups is 1. The maximum Gasteiger partial charge on any atom is 0.331 e. The van der Waals surface area contributed by atoms with E-state index < -0.39 is 5.97 Å². The summed E-state index contributed by atoms with van der Waals surface area (Å²) in [4.78, 5) is 13.0. The van der Waals surface area contributed by atoms with E-state index in [2.05, 4.69) is 0 Å². The second-order valence-corrected chi connectivity index (χ2v) is 5.81. The van der Waals surface area contributed by atoms with Gasteiger partial charge < -0.3 is 14.2 Å². The van der Waals surface area contributed by atoms with Crippen LogP contribution < -0.4 is 9.47 Å². The molecule has 2 aromatic rings. The number of carbonyl (C=O) groups excluding carboxylic acids is 1. The molecule has 0 heterocycles. The third kappa shape index (κ3) is 5.35. The zero-order valence-corrected chi connectivity index (χ0v) is 14.8. The summed E-state index contributed by atoms with van der Waals surface area (Å²) < 4.78 is 15.6. The highest BCUT2D eigenvalue weighted by Crippen LogP contribution is 2.23. The fraction of sp³-hybridized carbons (Fsp3) is 0.211. The average molecular weight is 344 g/mol. The zero-order valence-electron chi connectivity index (χ0n) is 13.9. The second kappa shape index (κ2) is 9.03. The lowest BCUT2D eigenvalue weighted by molar-refractivity contribution is -0.138. The lowest BCUT2D eigenvalue weighted by atomic mass is 10.2. The third-order valence-corrected chi connectivity index (χ3v) is 4.07. The van der Waals surface area contributed by atoms with E-state index in [1.54, 1.807) is 38.1 Å². The largest absolute Gasteiger partial charge is 0.497 e. The standard InChI is InChI=1S/C19H20O4S/c1-21-16-10-15(11-17(12-16)22-2)6-9-19(20)23-13-14-4-7-18(24-3)8-5-14/h4-12H,13H2,1-3H3/b9-6+. The van der Waals surface area contributed by atoms with E-state index in [9.17, 15) is 4.79 Å². The highest BCUT2D eigenvalue weighted by molar-refractivity contribution is 7.98. The van der Waals surface area contributed by atoms with E-state index in [1.165, 1.54) is 11.0 Å². The predicted molar refractivity (Wildman–Crippen MR) is 96.6 cm³/mol. The third-order valence-electron chi connectivity index (χ3n) is 3.33. The number of methoxy groups -OCH3 is 2. The molecule has 0 unspecified atom stereocenters. The summed E-state index contributed by atoms with van der Waals surface area (Å²) in [7, 11) is 3.16. The Labute approximate surface area is 146 Å². The SMILES string of the molecule is COc1cc(/C=C/C(=O)OCc2ccc(SC)cc2)cc(OC)c1. The normalized spacial score (nSPS) is 10.6. The quantitative estimate of drug-likeness (QED) is 0.428. The molecule has 0 saturated carbocycles. The number of esters is 1. The van der Waals surface area contributed by atoms with Crippen molar-refractivity contribution in [2.24, 2.45) is 0 Å². The first-order valence-corrected chi connectivity index (χ1v) is 8.58. The number of hydrogen-bond donors (Lipinski definition) is 0. The predicted octanol–water partition coefficient (Wildman–Crippen LogP) is 4.18. The van der Waals surface area contributed by atoms with Gasteiger partial charge >= 0.3 is 5.97 Å². The molecule has 126 valence electrons. The number of ether oxygens (including phenoxy) is 3. The molecule has 0 aliphatic rings. The summed E-state index contributed by atoms with van der Waals surface area (Å²) in [6.07, 6.45) is 5.09. The van der Waals surface area contributed by atoms with Gasteiger partial charge in [0.2, 0.25) is 0 Å². The van der Waals surface area contributed by atoms with Crippen LogP contribution in [0.2, 0.25) is 0 Å². The molecule has 0 atom stereocenters. The average Bonchev–Trinajstić information content (AvgIpc) is 2.64. The Hall–Kier alpha value is -2.40. The van der Waals surface area contributed by atoms with Gasteiger partial charge in [-0.25, -0.2) is 4.79 Å². The molecule has 0 bridgehead atoms. The van der Waals surface area contributed by atoms with Crippen LogP contribution in [0.15, 0.2) is 53.4 Å². The zero-order chi connectivity index (χ0) is 17.4. The van der Waals surface area contributed by atoms with Crippen LogP contribution >= 0.6 is 11.8 Å². The van der Waals surface area contributed by atoms with Gasteiger partial charge in [-0.15, -0.1) is 11.8 Å². The van der Waals surface area contributed by atoms with Crippen LogP contribution in [0, 0.1) is 0 Å². The van der Waals surface area contributed by atoms with Crippen molar-refractivity contribution in [2.45, 2.75) is 11.5 Å². The number of rotatable bonds is 7. The van der Waals surface area contributed by atoms with Gasteiger partial charge in [-0.2, -0.15) is 0 Å². The molecule has 2 rings (SSSR count). The Morgan fingerprint density at radius 1 is 1.04 bits per heavy atom. The summed E-state index contributed by atoms with van der Waals surface area (Å²) in [5.41, 5.74) is 1.75. The molecule has 0 aliphatic carbocycles. The lowest BCUT2D eigenvalue weighted by Gasteiger charge is -2.06. The Kier molecular flexibility index (Phi) is 6.75. The molecule has 0 amide bonds. The van der Waals surface area contributed by atoms with Crippen molar-refractivity contribution in [3.05, 3.63) is 59.7 Å². The van der Waals surface area contributed by atoms with E-state index in [-0.39, 0.29) is 6.61 Å². The van der Waals surface area contributed by atoms with E-state index in [0.717, 1.165) is 11.1 Å². The van der Waals surface area contributed by atoms with Gasteiger partial charge in [0.05, 0.1) is 14.2 Å². The summed E-state index contributed by atoms with van der Waals surface area (Å²) in [5.74, 6) is 0.929. The summed E-state index contributed by atoms with van der Waals surface area (Å²) in [5, 5.41) is 0. The van der Waals surface area contributed by atoms with Gasteiger partial charge in [0, 0.05) is 17.0 Å². The highest BCUT2D eigenvalue weighted by Gasteiger charge is 2.02. The van der Waals surface area contributed by atoms with Crippen molar-refractivity contribution in [3.63, 3.8) is 0 Å². The Bertz CT molecular complexity index is 686. The first-order chi connectivity index (χ1) is 11.6. The van der Waals surface area contributed by atoms with Gasteiger partial charge in [-0.3, -0.25) is 0 Å². The maximum atomic E-state index is 11.8. The van der Waals surface area contributed by atoms with Gasteiger partial charge in [0.1, 0.15) is 18.1 Å². The molecule has 0 N–H and O–H groups in total. The Morgan fingerprint density at radius 2 is 1.67 bits per heavy atom. The molecule has 0 fully saturated rings. The van der Waals surface area contributed by atoms with Crippen molar-refractivity contribution in [1.29, 1.82) is 0 Å². The fourth-order valence-electron chi connectivity index (χ4n) is 2.01. The molecular weight excluding hydrogens is 324 g/mol. The van der Waals surface area contributed by atoms with E-state index in [4.69, 9.17) is 14.2 Å². The minimum Gasteiger partial charge on any atom is -0.497 e. The van der Waals surface area contributed by atoms with E-state index >= 15 is 0 Å². The van der Waals surface area contributed by atoms with Gasteiger partial charge in [-0.05, 0) is 47.7 Å². The van der Waals surface area contributed by atoms with Crippen LogP contribution in [-0.2, 0) is 16.1 Å². The minimum atomic E-state index is -0.397. The van der Waals surface area contributed by atoms with E-state index in [1.807, 2.05) is 42.7 Å². The molecule has 2 aromatic carbocycles. The Balaban J connectivity index is 1.94. The topological polar surface area (TPSA) is 44.8 Å². The first-order valence-electron chi connectivity index (χ1n) is 7.35. The molecular formula is C19H20O4S. The molecule has 0 spiro atoms. The van der Waals surface area contributed by atoms with Gasteiger partial charge in [0.15, 0.2) is 0 Å². The fourth-order valence-corrected chi connectivity index (χ4v) is 2.42. The summed E-state index contributed by atoms with van der Waals surface area (Å²) in [6.45, 7) is 0.249.